The normalized spacial score (nSPS) is 17.4. The van der Waals surface area contributed by atoms with Gasteiger partial charge < -0.3 is 5.73 Å². The third-order valence-electron chi connectivity index (χ3n) is 3.41. The number of anilines is 1. The monoisotopic (exact) mass is 269 g/mol. The van der Waals surface area contributed by atoms with Crippen molar-refractivity contribution in [3.63, 3.8) is 0 Å². The maximum absolute atomic E-state index is 12.5. The Bertz CT molecular complexity index is 493. The fourth-order valence-corrected chi connectivity index (χ4v) is 4.14. The summed E-state index contributed by atoms with van der Waals surface area (Å²) in [5, 5.41) is 0. The lowest BCUT2D eigenvalue weighted by molar-refractivity contribution is 0.335. The van der Waals surface area contributed by atoms with Crippen molar-refractivity contribution in [3.05, 3.63) is 18.3 Å². The predicted molar refractivity (Wildman–Crippen MR) is 70.5 cm³/mol. The van der Waals surface area contributed by atoms with Crippen LogP contribution in [0.15, 0.2) is 23.2 Å². The van der Waals surface area contributed by atoms with Gasteiger partial charge >= 0.3 is 0 Å². The highest BCUT2D eigenvalue weighted by atomic mass is 32.2. The van der Waals surface area contributed by atoms with E-state index < -0.39 is 10.0 Å². The van der Waals surface area contributed by atoms with Crippen molar-refractivity contribution < 1.29 is 8.42 Å². The van der Waals surface area contributed by atoms with Gasteiger partial charge in [-0.05, 0) is 25.0 Å². The van der Waals surface area contributed by atoms with E-state index in [0.717, 1.165) is 25.7 Å². The number of hydrogen-bond donors (Lipinski definition) is 1. The Balaban J connectivity index is 2.30. The van der Waals surface area contributed by atoms with Crippen molar-refractivity contribution in [3.8, 4) is 0 Å². The second kappa shape index (κ2) is 5.24. The molecule has 1 saturated carbocycles. The van der Waals surface area contributed by atoms with Gasteiger partial charge in [0.25, 0.3) is 0 Å². The van der Waals surface area contributed by atoms with Crippen LogP contribution < -0.4 is 5.73 Å². The number of nitrogens with two attached hydrogens (primary N) is 1. The predicted octanol–water partition coefficient (Wildman–Crippen LogP) is 1.62. The third-order valence-corrected chi connectivity index (χ3v) is 5.42. The maximum Gasteiger partial charge on any atom is 0.244 e. The zero-order valence-electron chi connectivity index (χ0n) is 10.5. The van der Waals surface area contributed by atoms with Crippen molar-refractivity contribution >= 4 is 15.8 Å². The average molecular weight is 269 g/mol. The highest BCUT2D eigenvalue weighted by Gasteiger charge is 2.32. The van der Waals surface area contributed by atoms with Gasteiger partial charge in [-0.25, -0.2) is 13.4 Å². The Morgan fingerprint density at radius 3 is 2.56 bits per heavy atom. The van der Waals surface area contributed by atoms with Crippen LogP contribution in [-0.4, -0.2) is 30.3 Å². The summed E-state index contributed by atoms with van der Waals surface area (Å²) >= 11 is 0. The van der Waals surface area contributed by atoms with E-state index in [4.69, 9.17) is 5.73 Å². The quantitative estimate of drug-likeness (QED) is 0.901. The average Bonchev–Trinajstić information content (AvgIpc) is 2.84. The van der Waals surface area contributed by atoms with Crippen LogP contribution in [0.1, 0.15) is 32.6 Å². The fourth-order valence-electron chi connectivity index (χ4n) is 2.50. The van der Waals surface area contributed by atoms with Gasteiger partial charge in [-0.15, -0.1) is 0 Å². The van der Waals surface area contributed by atoms with Crippen molar-refractivity contribution in [2.24, 2.45) is 0 Å². The molecule has 1 fully saturated rings. The van der Waals surface area contributed by atoms with E-state index in [1.165, 1.54) is 18.3 Å². The van der Waals surface area contributed by atoms with Crippen LogP contribution >= 0.6 is 0 Å². The molecule has 0 spiro atoms. The number of nitrogen functional groups attached to an aromatic ring is 1. The van der Waals surface area contributed by atoms with Gasteiger partial charge in [-0.2, -0.15) is 4.31 Å². The van der Waals surface area contributed by atoms with Crippen molar-refractivity contribution in [1.29, 1.82) is 0 Å². The van der Waals surface area contributed by atoms with Crippen LogP contribution in [0.25, 0.3) is 0 Å². The summed E-state index contributed by atoms with van der Waals surface area (Å²) in [6.07, 6.45) is 5.46. The maximum atomic E-state index is 12.5. The largest absolute Gasteiger partial charge is 0.384 e. The summed E-state index contributed by atoms with van der Waals surface area (Å²) in [7, 11) is -3.44. The van der Waals surface area contributed by atoms with E-state index >= 15 is 0 Å². The number of nitrogens with zero attached hydrogens (tertiary/aromatic N) is 2. The number of rotatable bonds is 4. The lowest BCUT2D eigenvalue weighted by atomic mass is 10.2. The molecule has 0 aromatic carbocycles. The van der Waals surface area contributed by atoms with Crippen LogP contribution in [0.5, 0.6) is 0 Å². The van der Waals surface area contributed by atoms with E-state index in [1.54, 1.807) is 4.31 Å². The molecule has 100 valence electrons. The van der Waals surface area contributed by atoms with Gasteiger partial charge in [0.15, 0.2) is 0 Å². The van der Waals surface area contributed by atoms with E-state index in [0.29, 0.717) is 12.4 Å². The fraction of sp³-hybridized carbons (Fsp3) is 0.583. The molecule has 0 saturated heterocycles. The standard InChI is InChI=1S/C12H19N3O2S/c1-2-15(10-5-3-4-6-10)18(16,17)11-7-8-12(13)14-9-11/h7-10H,2-6H2,1H3,(H2,13,14). The second-order valence-corrected chi connectivity index (χ2v) is 6.46. The molecule has 0 radical (unpaired) electrons. The molecule has 18 heavy (non-hydrogen) atoms. The highest BCUT2D eigenvalue weighted by molar-refractivity contribution is 7.89. The van der Waals surface area contributed by atoms with E-state index in [2.05, 4.69) is 4.98 Å². The molecule has 0 atom stereocenters. The molecule has 1 aromatic heterocycles. The van der Waals surface area contributed by atoms with E-state index in [9.17, 15) is 8.42 Å². The summed E-state index contributed by atoms with van der Waals surface area (Å²) in [5.41, 5.74) is 5.48. The van der Waals surface area contributed by atoms with Gasteiger partial charge in [0.2, 0.25) is 10.0 Å². The van der Waals surface area contributed by atoms with Crippen molar-refractivity contribution in [1.82, 2.24) is 9.29 Å². The highest BCUT2D eigenvalue weighted by Crippen LogP contribution is 2.28. The zero-order valence-corrected chi connectivity index (χ0v) is 11.4. The van der Waals surface area contributed by atoms with Gasteiger partial charge in [0.1, 0.15) is 10.7 Å². The first-order chi connectivity index (χ1) is 8.55. The summed E-state index contributed by atoms with van der Waals surface area (Å²) in [6, 6.07) is 3.18. The summed E-state index contributed by atoms with van der Waals surface area (Å²) in [4.78, 5) is 4.09. The van der Waals surface area contributed by atoms with Crippen LogP contribution in [0, 0.1) is 0 Å². The first-order valence-corrected chi connectivity index (χ1v) is 7.73. The molecule has 1 aromatic rings. The van der Waals surface area contributed by atoms with Gasteiger partial charge in [0.05, 0.1) is 0 Å². The molecule has 0 amide bonds. The Hall–Kier alpha value is -1.14. The minimum Gasteiger partial charge on any atom is -0.384 e. The summed E-state index contributed by atoms with van der Waals surface area (Å²) in [6.45, 7) is 2.37. The molecule has 0 unspecified atom stereocenters. The van der Waals surface area contributed by atoms with E-state index in [-0.39, 0.29) is 10.9 Å². The summed E-state index contributed by atoms with van der Waals surface area (Å²) in [5.74, 6) is 0.331. The Labute approximate surface area is 108 Å². The zero-order chi connectivity index (χ0) is 13.2. The molecule has 0 aliphatic heterocycles. The number of sulfonamides is 1. The Morgan fingerprint density at radius 2 is 2.06 bits per heavy atom. The molecular weight excluding hydrogens is 250 g/mol. The number of pyridine rings is 1. The molecule has 2 N–H and O–H groups in total. The lowest BCUT2D eigenvalue weighted by Gasteiger charge is -2.26. The number of aromatic nitrogens is 1. The van der Waals surface area contributed by atoms with Crippen LogP contribution in [-0.2, 0) is 10.0 Å². The van der Waals surface area contributed by atoms with Gasteiger partial charge in [-0.1, -0.05) is 19.8 Å². The smallest absolute Gasteiger partial charge is 0.244 e. The van der Waals surface area contributed by atoms with Gasteiger partial charge in [0, 0.05) is 18.8 Å². The molecule has 2 rings (SSSR count). The van der Waals surface area contributed by atoms with Crippen LogP contribution in [0.2, 0.25) is 0 Å². The van der Waals surface area contributed by atoms with E-state index in [1.807, 2.05) is 6.92 Å². The van der Waals surface area contributed by atoms with Crippen LogP contribution in [0.4, 0.5) is 5.82 Å². The number of hydrogen-bond acceptors (Lipinski definition) is 4. The first kappa shape index (κ1) is 13.3. The van der Waals surface area contributed by atoms with Gasteiger partial charge in [-0.3, -0.25) is 0 Å². The molecular formula is C12H19N3O2S. The lowest BCUT2D eigenvalue weighted by Crippen LogP contribution is -2.38. The minimum absolute atomic E-state index is 0.137. The Morgan fingerprint density at radius 1 is 1.39 bits per heavy atom. The van der Waals surface area contributed by atoms with Crippen molar-refractivity contribution in [2.45, 2.75) is 43.5 Å². The SMILES string of the molecule is CCN(C1CCCC1)S(=O)(=O)c1ccc(N)nc1. The molecule has 5 nitrogen and oxygen atoms in total. The Kier molecular flexibility index (Phi) is 3.87. The summed E-state index contributed by atoms with van der Waals surface area (Å²) < 4.78 is 26.6. The topological polar surface area (TPSA) is 76.3 Å². The minimum atomic E-state index is -3.44. The van der Waals surface area contributed by atoms with Crippen molar-refractivity contribution in [2.75, 3.05) is 12.3 Å². The first-order valence-electron chi connectivity index (χ1n) is 6.29. The molecule has 1 heterocycles. The molecule has 0 bridgehead atoms. The second-order valence-electron chi connectivity index (χ2n) is 4.57. The molecule has 1 aliphatic rings. The van der Waals surface area contributed by atoms with Crippen LogP contribution in [0.3, 0.4) is 0 Å². The molecule has 6 heteroatoms. The third kappa shape index (κ3) is 2.49. The molecule has 1 aliphatic carbocycles.